The summed E-state index contributed by atoms with van der Waals surface area (Å²) in [5.74, 6) is -0.939. The van der Waals surface area contributed by atoms with E-state index in [4.69, 9.17) is 5.11 Å². The van der Waals surface area contributed by atoms with Gasteiger partial charge in [0.25, 0.3) is 0 Å². The molecule has 0 aliphatic carbocycles. The molecule has 5 heteroatoms. The van der Waals surface area contributed by atoms with Gasteiger partial charge >= 0.3 is 78.8 Å². The van der Waals surface area contributed by atoms with Crippen molar-refractivity contribution in [1.29, 1.82) is 0 Å². The summed E-state index contributed by atoms with van der Waals surface area (Å²) < 4.78 is 0.479. The summed E-state index contributed by atoms with van der Waals surface area (Å²) in [6, 6.07) is -0.678. The standard InChI is InChI=1S/C7H13NO3Se/c1-3-5(9)6(12)8-4(2)7(10)11/h4-5,9H,3H2,1-2H3,(H,8,12)(H,10,11)/t4-,5?/m0/s1. The third-order valence-corrected chi connectivity index (χ3v) is 2.24. The van der Waals surface area contributed by atoms with Crippen LogP contribution >= 0.6 is 0 Å². The summed E-state index contributed by atoms with van der Waals surface area (Å²) >= 11 is 2.61. The van der Waals surface area contributed by atoms with E-state index in [9.17, 15) is 9.90 Å². The molecular weight excluding hydrogens is 225 g/mol. The Labute approximate surface area is 79.3 Å². The first-order valence-electron chi connectivity index (χ1n) is 3.70. The van der Waals surface area contributed by atoms with Gasteiger partial charge in [-0.25, -0.2) is 0 Å². The van der Waals surface area contributed by atoms with Gasteiger partial charge in [0.1, 0.15) is 0 Å². The van der Waals surface area contributed by atoms with E-state index in [0.29, 0.717) is 11.0 Å². The molecule has 0 aliphatic heterocycles. The van der Waals surface area contributed by atoms with Gasteiger partial charge in [-0.15, -0.1) is 0 Å². The SMILES string of the molecule is CCC(O)C(=[Se])N[C@@H](C)C(=O)O. The van der Waals surface area contributed by atoms with E-state index in [1.54, 1.807) is 0 Å². The Kier molecular flexibility index (Phi) is 5.13. The molecule has 0 aliphatic rings. The van der Waals surface area contributed by atoms with Crippen LogP contribution in [0.4, 0.5) is 0 Å². The molecule has 0 fully saturated rings. The van der Waals surface area contributed by atoms with Crippen LogP contribution in [0.25, 0.3) is 0 Å². The van der Waals surface area contributed by atoms with Crippen molar-refractivity contribution in [2.75, 3.05) is 0 Å². The van der Waals surface area contributed by atoms with Gasteiger partial charge in [0.15, 0.2) is 0 Å². The van der Waals surface area contributed by atoms with E-state index < -0.39 is 18.1 Å². The van der Waals surface area contributed by atoms with E-state index in [1.165, 1.54) is 6.92 Å². The fourth-order valence-electron chi connectivity index (χ4n) is 0.557. The number of aliphatic carboxylic acids is 1. The van der Waals surface area contributed by atoms with E-state index >= 15 is 0 Å². The minimum absolute atomic E-state index is 0.479. The van der Waals surface area contributed by atoms with E-state index in [0.717, 1.165) is 0 Å². The van der Waals surface area contributed by atoms with Crippen LogP contribution in [0.2, 0.25) is 0 Å². The number of aliphatic hydroxyl groups is 1. The van der Waals surface area contributed by atoms with Crippen molar-refractivity contribution in [1.82, 2.24) is 5.32 Å². The molecule has 0 bridgehead atoms. The molecule has 12 heavy (non-hydrogen) atoms. The Hall–Kier alpha value is -0.381. The van der Waals surface area contributed by atoms with Crippen LogP contribution in [0, 0.1) is 0 Å². The molecule has 2 atom stereocenters. The molecule has 0 aromatic rings. The molecule has 3 N–H and O–H groups in total. The van der Waals surface area contributed by atoms with Crippen molar-refractivity contribution in [2.24, 2.45) is 0 Å². The monoisotopic (exact) mass is 239 g/mol. The zero-order chi connectivity index (χ0) is 9.72. The molecular formula is C7H13NO3Se. The molecule has 0 aromatic carbocycles. The van der Waals surface area contributed by atoms with Gasteiger partial charge in [-0.3, -0.25) is 0 Å². The van der Waals surface area contributed by atoms with Crippen molar-refractivity contribution in [3.63, 3.8) is 0 Å². The zero-order valence-corrected chi connectivity index (χ0v) is 8.79. The zero-order valence-electron chi connectivity index (χ0n) is 7.07. The van der Waals surface area contributed by atoms with Crippen molar-refractivity contribution in [3.8, 4) is 0 Å². The molecule has 0 saturated heterocycles. The Morgan fingerprint density at radius 1 is 1.67 bits per heavy atom. The summed E-state index contributed by atoms with van der Waals surface area (Å²) in [4.78, 5) is 10.4. The van der Waals surface area contributed by atoms with Gasteiger partial charge in [-0.1, -0.05) is 0 Å². The third-order valence-electron chi connectivity index (χ3n) is 1.42. The van der Waals surface area contributed by atoms with Crippen LogP contribution in [-0.4, -0.2) is 48.4 Å². The Bertz CT molecular complexity index is 183. The van der Waals surface area contributed by atoms with E-state index in [2.05, 4.69) is 20.9 Å². The predicted octanol–water partition coefficient (Wildman–Crippen LogP) is -0.882. The second-order valence-corrected chi connectivity index (χ2v) is 3.42. The minimum atomic E-state index is -0.939. The van der Waals surface area contributed by atoms with E-state index in [1.807, 2.05) is 6.92 Å². The van der Waals surface area contributed by atoms with Crippen molar-refractivity contribution in [2.45, 2.75) is 32.4 Å². The third kappa shape index (κ3) is 3.85. The topological polar surface area (TPSA) is 69.6 Å². The number of aliphatic hydroxyl groups excluding tert-OH is 1. The number of nitrogens with one attached hydrogen (secondary N) is 1. The molecule has 0 spiro atoms. The number of carbonyl (C=O) groups is 1. The number of rotatable bonds is 5. The summed E-state index contributed by atoms with van der Waals surface area (Å²) in [5.41, 5.74) is 0. The van der Waals surface area contributed by atoms with Gasteiger partial charge in [0, 0.05) is 0 Å². The molecule has 0 amide bonds. The first-order chi connectivity index (χ1) is 5.49. The maximum absolute atomic E-state index is 10.4. The first-order valence-corrected chi connectivity index (χ1v) is 4.56. The predicted molar refractivity (Wildman–Crippen MR) is 47.3 cm³/mol. The Morgan fingerprint density at radius 3 is 2.50 bits per heavy atom. The van der Waals surface area contributed by atoms with Crippen LogP contribution in [-0.2, 0) is 4.79 Å². The van der Waals surface area contributed by atoms with Crippen LogP contribution < -0.4 is 5.32 Å². The van der Waals surface area contributed by atoms with Crippen LogP contribution in [0.1, 0.15) is 20.3 Å². The van der Waals surface area contributed by atoms with Gasteiger partial charge in [-0.2, -0.15) is 0 Å². The van der Waals surface area contributed by atoms with Gasteiger partial charge in [-0.05, 0) is 0 Å². The normalized spacial score (nSPS) is 14.9. The fourth-order valence-corrected chi connectivity index (χ4v) is 1.28. The van der Waals surface area contributed by atoms with E-state index in [-0.39, 0.29) is 0 Å². The summed E-state index contributed by atoms with van der Waals surface area (Å²) in [6.07, 6.45) is -0.0615. The Balaban J connectivity index is 3.92. The molecule has 0 heterocycles. The summed E-state index contributed by atoms with van der Waals surface area (Å²) in [5, 5.41) is 20.4. The number of hydrogen-bond donors (Lipinski definition) is 3. The molecule has 4 nitrogen and oxygen atoms in total. The van der Waals surface area contributed by atoms with Crippen molar-refractivity contribution < 1.29 is 15.0 Å². The molecule has 1 unspecified atom stereocenters. The molecule has 0 saturated carbocycles. The first kappa shape index (κ1) is 11.6. The molecule has 70 valence electrons. The average molecular weight is 238 g/mol. The summed E-state index contributed by atoms with van der Waals surface area (Å²) in [7, 11) is 0. The van der Waals surface area contributed by atoms with Crippen molar-refractivity contribution >= 4 is 26.1 Å². The number of hydrogen-bond acceptors (Lipinski definition) is 3. The van der Waals surface area contributed by atoms with Crippen molar-refractivity contribution in [3.05, 3.63) is 0 Å². The van der Waals surface area contributed by atoms with Gasteiger partial charge in [0.2, 0.25) is 0 Å². The number of carboxylic acids is 1. The second-order valence-electron chi connectivity index (χ2n) is 2.49. The molecule has 0 rings (SSSR count). The van der Waals surface area contributed by atoms with Gasteiger partial charge < -0.3 is 0 Å². The van der Waals surface area contributed by atoms with Crippen LogP contribution in [0.15, 0.2) is 0 Å². The van der Waals surface area contributed by atoms with Crippen LogP contribution in [0.3, 0.4) is 0 Å². The quantitative estimate of drug-likeness (QED) is 0.544. The Morgan fingerprint density at radius 2 is 2.17 bits per heavy atom. The molecule has 0 radical (unpaired) electrons. The maximum atomic E-state index is 10.4. The second kappa shape index (κ2) is 5.30. The van der Waals surface area contributed by atoms with Gasteiger partial charge in [0.05, 0.1) is 0 Å². The van der Waals surface area contributed by atoms with Crippen LogP contribution in [0.5, 0.6) is 0 Å². The molecule has 0 aromatic heterocycles. The fraction of sp³-hybridized carbons (Fsp3) is 0.714. The number of carboxylic acid groups (broad SMARTS) is 1. The average Bonchev–Trinajstić information content (AvgIpc) is 2.02. The summed E-state index contributed by atoms with van der Waals surface area (Å²) in [6.45, 7) is 3.33.